The standard InChI is InChI=1S/C13H13ClN2S/c1-9-5-10(2)16-13(6-9)17-8-11-3-4-12(14)15-7-11/h3-7H,8H2,1-2H3. The third-order valence-corrected chi connectivity index (χ3v) is 3.46. The topological polar surface area (TPSA) is 25.8 Å². The number of aromatic nitrogens is 2. The van der Waals surface area contributed by atoms with E-state index < -0.39 is 0 Å². The van der Waals surface area contributed by atoms with Crippen LogP contribution in [0.3, 0.4) is 0 Å². The summed E-state index contributed by atoms with van der Waals surface area (Å²) in [6.07, 6.45) is 1.80. The van der Waals surface area contributed by atoms with E-state index in [1.807, 2.05) is 19.1 Å². The molecule has 0 radical (unpaired) electrons. The molecule has 0 amide bonds. The van der Waals surface area contributed by atoms with Crippen LogP contribution in [-0.2, 0) is 5.75 Å². The Morgan fingerprint density at radius 1 is 1.24 bits per heavy atom. The Balaban J connectivity index is 2.04. The van der Waals surface area contributed by atoms with Gasteiger partial charge in [0.2, 0.25) is 0 Å². The van der Waals surface area contributed by atoms with Crippen LogP contribution < -0.4 is 0 Å². The molecule has 2 nitrogen and oxygen atoms in total. The van der Waals surface area contributed by atoms with E-state index in [9.17, 15) is 0 Å². The molecule has 88 valence electrons. The van der Waals surface area contributed by atoms with E-state index in [4.69, 9.17) is 11.6 Å². The van der Waals surface area contributed by atoms with E-state index in [1.165, 1.54) is 5.56 Å². The molecule has 0 aliphatic rings. The molecule has 0 fully saturated rings. The molecule has 17 heavy (non-hydrogen) atoms. The number of thioether (sulfide) groups is 1. The highest BCUT2D eigenvalue weighted by Crippen LogP contribution is 2.22. The molecule has 0 saturated carbocycles. The van der Waals surface area contributed by atoms with Crippen molar-refractivity contribution in [3.63, 3.8) is 0 Å². The first-order valence-electron chi connectivity index (χ1n) is 5.32. The summed E-state index contributed by atoms with van der Waals surface area (Å²) in [5, 5.41) is 1.58. The molecule has 0 spiro atoms. The minimum Gasteiger partial charge on any atom is -0.247 e. The van der Waals surface area contributed by atoms with Gasteiger partial charge < -0.3 is 0 Å². The molecule has 2 heterocycles. The van der Waals surface area contributed by atoms with Gasteiger partial charge >= 0.3 is 0 Å². The zero-order chi connectivity index (χ0) is 12.3. The Hall–Kier alpha value is -1.06. The van der Waals surface area contributed by atoms with Crippen LogP contribution in [0.4, 0.5) is 0 Å². The molecule has 2 aromatic rings. The molecule has 0 bridgehead atoms. The van der Waals surface area contributed by atoms with Crippen LogP contribution in [0.5, 0.6) is 0 Å². The van der Waals surface area contributed by atoms with Gasteiger partial charge in [0.25, 0.3) is 0 Å². The lowest BCUT2D eigenvalue weighted by atomic mass is 10.3. The van der Waals surface area contributed by atoms with E-state index in [0.29, 0.717) is 5.15 Å². The lowest BCUT2D eigenvalue weighted by Gasteiger charge is -2.04. The van der Waals surface area contributed by atoms with Crippen LogP contribution in [0.1, 0.15) is 16.8 Å². The van der Waals surface area contributed by atoms with Crippen LogP contribution in [-0.4, -0.2) is 9.97 Å². The van der Waals surface area contributed by atoms with Crippen LogP contribution in [0.2, 0.25) is 5.15 Å². The summed E-state index contributed by atoms with van der Waals surface area (Å²) in [7, 11) is 0. The Labute approximate surface area is 110 Å². The summed E-state index contributed by atoms with van der Waals surface area (Å²) >= 11 is 7.45. The predicted molar refractivity (Wildman–Crippen MR) is 72.5 cm³/mol. The van der Waals surface area contributed by atoms with Crippen LogP contribution in [0.15, 0.2) is 35.5 Å². The van der Waals surface area contributed by atoms with Crippen molar-refractivity contribution in [1.82, 2.24) is 9.97 Å². The maximum absolute atomic E-state index is 5.74. The molecule has 0 unspecified atom stereocenters. The number of halogens is 1. The maximum atomic E-state index is 5.74. The van der Waals surface area contributed by atoms with Crippen molar-refractivity contribution in [2.75, 3.05) is 0 Å². The van der Waals surface area contributed by atoms with E-state index >= 15 is 0 Å². The number of hydrogen-bond donors (Lipinski definition) is 0. The van der Waals surface area contributed by atoms with Crippen molar-refractivity contribution in [3.8, 4) is 0 Å². The molecule has 2 rings (SSSR count). The van der Waals surface area contributed by atoms with Crippen molar-refractivity contribution in [1.29, 1.82) is 0 Å². The maximum Gasteiger partial charge on any atom is 0.129 e. The average molecular weight is 265 g/mol. The van der Waals surface area contributed by atoms with Crippen LogP contribution in [0.25, 0.3) is 0 Å². The van der Waals surface area contributed by atoms with Gasteiger partial charge in [-0.1, -0.05) is 17.7 Å². The lowest BCUT2D eigenvalue weighted by molar-refractivity contribution is 1.05. The minimum absolute atomic E-state index is 0.531. The summed E-state index contributed by atoms with van der Waals surface area (Å²) in [6.45, 7) is 4.10. The van der Waals surface area contributed by atoms with Crippen LogP contribution in [0, 0.1) is 13.8 Å². The van der Waals surface area contributed by atoms with Crippen molar-refractivity contribution in [2.24, 2.45) is 0 Å². The summed E-state index contributed by atoms with van der Waals surface area (Å²) in [4.78, 5) is 8.54. The zero-order valence-corrected chi connectivity index (χ0v) is 11.3. The molecule has 0 saturated heterocycles. The highest BCUT2D eigenvalue weighted by Gasteiger charge is 2.00. The largest absolute Gasteiger partial charge is 0.247 e. The summed E-state index contributed by atoms with van der Waals surface area (Å²) in [6, 6.07) is 7.98. The van der Waals surface area contributed by atoms with Gasteiger partial charge in [0.15, 0.2) is 0 Å². The third kappa shape index (κ3) is 3.72. The fraction of sp³-hybridized carbons (Fsp3) is 0.231. The lowest BCUT2D eigenvalue weighted by Crippen LogP contribution is -1.88. The quantitative estimate of drug-likeness (QED) is 0.618. The van der Waals surface area contributed by atoms with Gasteiger partial charge in [-0.15, -0.1) is 11.8 Å². The minimum atomic E-state index is 0.531. The predicted octanol–water partition coefficient (Wildman–Crippen LogP) is 4.04. The van der Waals surface area contributed by atoms with Crippen LogP contribution >= 0.6 is 23.4 Å². The van der Waals surface area contributed by atoms with Gasteiger partial charge in [-0.3, -0.25) is 0 Å². The molecule has 0 aliphatic heterocycles. The Bertz CT molecular complexity index is 491. The second kappa shape index (κ2) is 5.52. The van der Waals surface area contributed by atoms with Crippen molar-refractivity contribution in [3.05, 3.63) is 52.4 Å². The van der Waals surface area contributed by atoms with Crippen molar-refractivity contribution in [2.45, 2.75) is 24.6 Å². The molecule has 0 atom stereocenters. The van der Waals surface area contributed by atoms with Gasteiger partial charge in [-0.05, 0) is 43.2 Å². The SMILES string of the molecule is Cc1cc(C)nc(SCc2ccc(Cl)nc2)c1. The molecule has 0 aromatic carbocycles. The van der Waals surface area contributed by atoms with E-state index in [0.717, 1.165) is 22.0 Å². The van der Waals surface area contributed by atoms with Crippen molar-refractivity contribution >= 4 is 23.4 Å². The molecule has 4 heteroatoms. The summed E-state index contributed by atoms with van der Waals surface area (Å²) < 4.78 is 0. The average Bonchev–Trinajstić information content (AvgIpc) is 2.27. The fourth-order valence-corrected chi connectivity index (χ4v) is 2.60. The molecule has 0 N–H and O–H groups in total. The summed E-state index contributed by atoms with van der Waals surface area (Å²) in [5.41, 5.74) is 3.45. The molecular weight excluding hydrogens is 252 g/mol. The van der Waals surface area contributed by atoms with E-state index in [1.54, 1.807) is 18.0 Å². The fourth-order valence-electron chi connectivity index (χ4n) is 1.53. The smallest absolute Gasteiger partial charge is 0.129 e. The first-order chi connectivity index (χ1) is 8.13. The Morgan fingerprint density at radius 3 is 2.71 bits per heavy atom. The first kappa shape index (κ1) is 12.4. The van der Waals surface area contributed by atoms with E-state index in [2.05, 4.69) is 29.0 Å². The van der Waals surface area contributed by atoms with Gasteiger partial charge in [-0.2, -0.15) is 0 Å². The van der Waals surface area contributed by atoms with Gasteiger partial charge in [0.1, 0.15) is 5.15 Å². The second-order valence-corrected chi connectivity index (χ2v) is 5.28. The zero-order valence-electron chi connectivity index (χ0n) is 9.77. The molecule has 2 aromatic heterocycles. The molecule has 0 aliphatic carbocycles. The van der Waals surface area contributed by atoms with Gasteiger partial charge in [0, 0.05) is 17.6 Å². The normalized spacial score (nSPS) is 10.5. The number of pyridine rings is 2. The number of nitrogens with zero attached hydrogens (tertiary/aromatic N) is 2. The number of rotatable bonds is 3. The monoisotopic (exact) mass is 264 g/mol. The van der Waals surface area contributed by atoms with Crippen molar-refractivity contribution < 1.29 is 0 Å². The highest BCUT2D eigenvalue weighted by atomic mass is 35.5. The van der Waals surface area contributed by atoms with E-state index in [-0.39, 0.29) is 0 Å². The molecular formula is C13H13ClN2S. The number of aryl methyl sites for hydroxylation is 2. The third-order valence-electron chi connectivity index (χ3n) is 2.25. The second-order valence-electron chi connectivity index (χ2n) is 3.90. The van der Waals surface area contributed by atoms with Gasteiger partial charge in [-0.25, -0.2) is 9.97 Å². The number of hydrogen-bond acceptors (Lipinski definition) is 3. The van der Waals surface area contributed by atoms with Gasteiger partial charge in [0.05, 0.1) is 5.03 Å². The summed E-state index contributed by atoms with van der Waals surface area (Å²) in [5.74, 6) is 0.861. The Morgan fingerprint density at radius 2 is 2.06 bits per heavy atom. The first-order valence-corrected chi connectivity index (χ1v) is 6.68. The Kier molecular flexibility index (Phi) is 4.02. The highest BCUT2D eigenvalue weighted by molar-refractivity contribution is 7.98.